The minimum atomic E-state index is -3.09. The van der Waals surface area contributed by atoms with Crippen LogP contribution >= 0.6 is 18.9 Å². The van der Waals surface area contributed by atoms with E-state index in [1.165, 1.54) is 9.79 Å². The van der Waals surface area contributed by atoms with Gasteiger partial charge in [0, 0.05) is 42.5 Å². The molecule has 0 saturated carbocycles. The normalized spacial score (nSPS) is 12.3. The maximum absolute atomic E-state index is 14.6. The zero-order chi connectivity index (χ0) is 28.5. The first-order valence-electron chi connectivity index (χ1n) is 13.8. The maximum atomic E-state index is 14.6. The summed E-state index contributed by atoms with van der Waals surface area (Å²) in [6.45, 7) is 0. The van der Waals surface area contributed by atoms with Crippen LogP contribution in [-0.4, -0.2) is 5.78 Å². The molecule has 0 fully saturated rings. The molecule has 42 heavy (non-hydrogen) atoms. The highest BCUT2D eigenvalue weighted by molar-refractivity contribution is 7.99. The quantitative estimate of drug-likeness (QED) is 0.146. The van der Waals surface area contributed by atoms with E-state index in [9.17, 15) is 9.36 Å². The van der Waals surface area contributed by atoms with Crippen LogP contribution in [0.4, 0.5) is 17.1 Å². The van der Waals surface area contributed by atoms with Gasteiger partial charge in [-0.25, -0.2) is 0 Å². The fourth-order valence-electron chi connectivity index (χ4n) is 5.46. The summed E-state index contributed by atoms with van der Waals surface area (Å²) in [5.74, 6) is -0.0719. The van der Waals surface area contributed by atoms with Crippen molar-refractivity contribution in [1.29, 1.82) is 0 Å². The molecule has 0 amide bonds. The van der Waals surface area contributed by atoms with Crippen molar-refractivity contribution in [2.75, 3.05) is 4.90 Å². The van der Waals surface area contributed by atoms with Crippen molar-refractivity contribution >= 4 is 57.7 Å². The van der Waals surface area contributed by atoms with E-state index in [1.54, 1.807) is 23.9 Å². The predicted molar refractivity (Wildman–Crippen MR) is 175 cm³/mol. The van der Waals surface area contributed by atoms with Crippen molar-refractivity contribution in [1.82, 2.24) is 0 Å². The van der Waals surface area contributed by atoms with Crippen LogP contribution in [0.1, 0.15) is 15.9 Å². The van der Waals surface area contributed by atoms with Crippen LogP contribution in [0.3, 0.4) is 0 Å². The van der Waals surface area contributed by atoms with E-state index in [0.717, 1.165) is 27.7 Å². The second-order valence-electron chi connectivity index (χ2n) is 10.1. The molecule has 1 aliphatic heterocycles. The average Bonchev–Trinajstić information content (AvgIpc) is 3.07. The molecule has 0 atom stereocenters. The number of anilines is 3. The molecule has 5 heteroatoms. The lowest BCUT2D eigenvalue weighted by atomic mass is 10.0. The lowest BCUT2D eigenvalue weighted by Gasteiger charge is -2.32. The van der Waals surface area contributed by atoms with Gasteiger partial charge in [0.05, 0.1) is 11.4 Å². The molecule has 1 aliphatic rings. The number of rotatable bonds is 6. The van der Waals surface area contributed by atoms with Crippen molar-refractivity contribution in [2.24, 2.45) is 0 Å². The molecule has 0 unspecified atom stereocenters. The number of para-hydroxylation sites is 2. The molecule has 0 saturated heterocycles. The number of carbonyl (C=O) groups excluding carboxylic acids is 1. The number of benzene rings is 6. The van der Waals surface area contributed by atoms with E-state index in [2.05, 4.69) is 53.4 Å². The second kappa shape index (κ2) is 11.0. The number of ketones is 1. The van der Waals surface area contributed by atoms with Gasteiger partial charge in [-0.05, 0) is 48.5 Å². The van der Waals surface area contributed by atoms with Gasteiger partial charge in [-0.2, -0.15) is 0 Å². The Labute approximate surface area is 249 Å². The molecule has 0 radical (unpaired) electrons. The summed E-state index contributed by atoms with van der Waals surface area (Å²) >= 11 is 1.77. The number of nitrogens with zero attached hydrogens (tertiary/aromatic N) is 1. The van der Waals surface area contributed by atoms with Gasteiger partial charge in [0.2, 0.25) is 0 Å². The number of hydrogen-bond donors (Lipinski definition) is 0. The summed E-state index contributed by atoms with van der Waals surface area (Å²) in [5, 5.41) is 2.24. The maximum Gasteiger partial charge on any atom is 0.193 e. The van der Waals surface area contributed by atoms with Gasteiger partial charge < -0.3 is 9.46 Å². The topological polar surface area (TPSA) is 37.4 Å². The van der Waals surface area contributed by atoms with E-state index in [1.807, 2.05) is 97.1 Å². The van der Waals surface area contributed by atoms with Gasteiger partial charge in [-0.15, -0.1) is 0 Å². The highest BCUT2D eigenvalue weighted by Gasteiger charge is 2.30. The summed E-state index contributed by atoms with van der Waals surface area (Å²) in [6.07, 6.45) is 0. The van der Waals surface area contributed by atoms with Crippen molar-refractivity contribution in [3.05, 3.63) is 169 Å². The van der Waals surface area contributed by atoms with Crippen molar-refractivity contribution < 1.29 is 9.36 Å². The molecular weight excluding hydrogens is 553 g/mol. The Morgan fingerprint density at radius 2 is 0.881 bits per heavy atom. The third-order valence-corrected chi connectivity index (χ3v) is 11.8. The molecule has 0 N–H and O–H groups in total. The minimum Gasteiger partial charge on any atom is -0.309 e. The summed E-state index contributed by atoms with van der Waals surface area (Å²) in [5.41, 5.74) is 4.40. The summed E-state index contributed by atoms with van der Waals surface area (Å²) < 4.78 is 14.6. The standard InChI is InChI=1S/C37H26NO2PS/c39-37(28-21-25-32(26-22-28)41(40,30-11-3-1-4-12-30)31-13-5-2-6-14-31)27-19-23-29(24-20-27)38-33-15-7-9-17-35(33)42-36-18-10-8-16-34(36)38/h1-26H. The van der Waals surface area contributed by atoms with Crippen LogP contribution in [0, 0.1) is 0 Å². The lowest BCUT2D eigenvalue weighted by Crippen LogP contribution is -2.25. The van der Waals surface area contributed by atoms with Gasteiger partial charge in [0.15, 0.2) is 12.9 Å². The minimum absolute atomic E-state index is 0.0719. The van der Waals surface area contributed by atoms with Gasteiger partial charge in [0.1, 0.15) is 0 Å². The fourth-order valence-corrected chi connectivity index (χ4v) is 9.16. The van der Waals surface area contributed by atoms with E-state index < -0.39 is 7.14 Å². The molecule has 6 aromatic rings. The molecule has 0 spiro atoms. The zero-order valence-electron chi connectivity index (χ0n) is 22.6. The van der Waals surface area contributed by atoms with Crippen LogP contribution in [0.2, 0.25) is 0 Å². The third kappa shape index (κ3) is 4.59. The number of carbonyl (C=O) groups is 1. The summed E-state index contributed by atoms with van der Waals surface area (Å²) in [6, 6.07) is 50.9. The molecule has 6 aromatic carbocycles. The Hall–Kier alpha value is -4.63. The smallest absolute Gasteiger partial charge is 0.193 e. The van der Waals surface area contributed by atoms with Crippen LogP contribution < -0.4 is 20.8 Å². The Morgan fingerprint density at radius 3 is 1.38 bits per heavy atom. The lowest BCUT2D eigenvalue weighted by molar-refractivity contribution is 0.103. The summed E-state index contributed by atoms with van der Waals surface area (Å²) in [7, 11) is -3.09. The van der Waals surface area contributed by atoms with Crippen LogP contribution in [0.15, 0.2) is 168 Å². The van der Waals surface area contributed by atoms with Gasteiger partial charge in [-0.3, -0.25) is 4.79 Å². The van der Waals surface area contributed by atoms with Crippen LogP contribution in [0.25, 0.3) is 0 Å². The van der Waals surface area contributed by atoms with Gasteiger partial charge in [-0.1, -0.05) is 121 Å². The van der Waals surface area contributed by atoms with Crippen molar-refractivity contribution in [2.45, 2.75) is 9.79 Å². The van der Waals surface area contributed by atoms with E-state index >= 15 is 0 Å². The Bertz CT molecular complexity index is 1850. The van der Waals surface area contributed by atoms with E-state index in [-0.39, 0.29) is 5.78 Å². The zero-order valence-corrected chi connectivity index (χ0v) is 24.3. The average molecular weight is 580 g/mol. The van der Waals surface area contributed by atoms with Gasteiger partial charge in [0.25, 0.3) is 0 Å². The first kappa shape index (κ1) is 26.3. The molecule has 202 valence electrons. The molecule has 0 aromatic heterocycles. The Morgan fingerprint density at radius 1 is 0.476 bits per heavy atom. The predicted octanol–water partition coefficient (Wildman–Crippen LogP) is 8.49. The van der Waals surface area contributed by atoms with Crippen LogP contribution in [-0.2, 0) is 4.57 Å². The molecule has 0 bridgehead atoms. The number of hydrogen-bond acceptors (Lipinski definition) is 4. The highest BCUT2D eigenvalue weighted by Crippen LogP contribution is 2.51. The first-order valence-corrected chi connectivity index (χ1v) is 16.3. The van der Waals surface area contributed by atoms with E-state index in [4.69, 9.17) is 0 Å². The first-order chi connectivity index (χ1) is 20.6. The molecule has 7 rings (SSSR count). The molecule has 3 nitrogen and oxygen atoms in total. The molecule has 1 heterocycles. The Kier molecular flexibility index (Phi) is 6.87. The third-order valence-electron chi connectivity index (χ3n) is 7.55. The van der Waals surface area contributed by atoms with E-state index in [0.29, 0.717) is 16.4 Å². The largest absolute Gasteiger partial charge is 0.309 e. The fraction of sp³-hybridized carbons (Fsp3) is 0. The van der Waals surface area contributed by atoms with Gasteiger partial charge >= 0.3 is 0 Å². The molecule has 0 aliphatic carbocycles. The SMILES string of the molecule is O=C(c1ccc(N2c3ccccc3Sc3ccccc32)cc1)c1ccc(P(=O)(c2ccccc2)c2ccccc2)cc1. The van der Waals surface area contributed by atoms with Crippen molar-refractivity contribution in [3.8, 4) is 0 Å². The monoisotopic (exact) mass is 579 g/mol. The second-order valence-corrected chi connectivity index (χ2v) is 13.9. The van der Waals surface area contributed by atoms with Crippen LogP contribution in [0.5, 0.6) is 0 Å². The highest BCUT2D eigenvalue weighted by atomic mass is 32.2. The number of fused-ring (bicyclic) bond motifs is 2. The molecular formula is C37H26NO2PS. The Balaban J connectivity index is 1.20. The van der Waals surface area contributed by atoms with Crippen molar-refractivity contribution in [3.63, 3.8) is 0 Å². The summed E-state index contributed by atoms with van der Waals surface area (Å²) in [4.78, 5) is 18.2.